The van der Waals surface area contributed by atoms with E-state index >= 15 is 0 Å². The van der Waals surface area contributed by atoms with E-state index in [1.54, 1.807) is 22.6 Å². The normalized spacial score (nSPS) is 11.4. The molecule has 0 spiro atoms. The van der Waals surface area contributed by atoms with Crippen molar-refractivity contribution in [3.05, 3.63) is 20.9 Å². The van der Waals surface area contributed by atoms with E-state index < -0.39 is 23.8 Å². The summed E-state index contributed by atoms with van der Waals surface area (Å²) < 4.78 is 39.8. The molecule has 0 aliphatic rings. The summed E-state index contributed by atoms with van der Waals surface area (Å²) in [5.74, 6) is -2.48. The molecule has 4 nitrogen and oxygen atoms in total. The van der Waals surface area contributed by atoms with Crippen LogP contribution in [0.5, 0.6) is 5.88 Å². The Morgan fingerprint density at radius 1 is 1.59 bits per heavy atom. The van der Waals surface area contributed by atoms with Crippen molar-refractivity contribution >= 4 is 44.5 Å². The van der Waals surface area contributed by atoms with Crippen molar-refractivity contribution in [3.63, 3.8) is 0 Å². The van der Waals surface area contributed by atoms with Gasteiger partial charge in [0.05, 0.1) is 0 Å². The van der Waals surface area contributed by atoms with Gasteiger partial charge in [-0.15, -0.1) is 13.2 Å². The van der Waals surface area contributed by atoms with Crippen molar-refractivity contribution in [2.75, 3.05) is 0 Å². The summed E-state index contributed by atoms with van der Waals surface area (Å²) in [5.41, 5.74) is -0.127. The molecule has 1 aromatic heterocycles. The van der Waals surface area contributed by atoms with Crippen molar-refractivity contribution in [1.82, 2.24) is 4.98 Å². The minimum absolute atomic E-state index is 0.154. The van der Waals surface area contributed by atoms with Crippen molar-refractivity contribution in [3.8, 4) is 5.88 Å². The van der Waals surface area contributed by atoms with Crippen LogP contribution in [0.3, 0.4) is 0 Å². The number of carboxylic acid groups (broad SMARTS) is 1. The first-order valence-corrected chi connectivity index (χ1v) is 6.18. The Hall–Kier alpha value is -0.580. The maximum absolute atomic E-state index is 12.0. The van der Waals surface area contributed by atoms with Gasteiger partial charge in [0.2, 0.25) is 5.88 Å². The molecule has 1 N–H and O–H groups in total. The molecule has 0 radical (unpaired) electrons. The molecule has 0 saturated carbocycles. The van der Waals surface area contributed by atoms with E-state index in [2.05, 4.69) is 25.7 Å². The quantitative estimate of drug-likeness (QED) is 0.597. The van der Waals surface area contributed by atoms with Gasteiger partial charge < -0.3 is 9.84 Å². The van der Waals surface area contributed by atoms with E-state index in [0.29, 0.717) is 5.56 Å². The third-order valence-electron chi connectivity index (χ3n) is 1.62. The van der Waals surface area contributed by atoms with E-state index in [0.717, 1.165) is 6.20 Å². The summed E-state index contributed by atoms with van der Waals surface area (Å²) in [4.78, 5) is 14.2. The summed E-state index contributed by atoms with van der Waals surface area (Å²) in [6, 6.07) is 0. The second-order valence-corrected chi connectivity index (χ2v) is 4.40. The van der Waals surface area contributed by atoms with Crippen molar-refractivity contribution in [1.29, 1.82) is 0 Å². The third kappa shape index (κ3) is 3.69. The molecule has 0 unspecified atom stereocenters. The van der Waals surface area contributed by atoms with Crippen molar-refractivity contribution in [2.45, 2.75) is 11.7 Å². The van der Waals surface area contributed by atoms with Crippen LogP contribution in [-0.4, -0.2) is 22.4 Å². The number of aromatic nitrogens is 1. The molecule has 0 amide bonds. The molecule has 0 fully saturated rings. The number of aromatic carboxylic acids is 1. The lowest BCUT2D eigenvalue weighted by atomic mass is 10.2. The van der Waals surface area contributed by atoms with Gasteiger partial charge in [-0.05, 0) is 28.2 Å². The highest BCUT2D eigenvalue weighted by molar-refractivity contribution is 14.1. The molecule has 0 saturated heterocycles. The van der Waals surface area contributed by atoms with E-state index in [9.17, 15) is 18.0 Å². The lowest BCUT2D eigenvalue weighted by molar-refractivity contribution is -0.276. The first-order chi connectivity index (χ1) is 7.76. The number of ether oxygens (including phenoxy) is 1. The average Bonchev–Trinajstić information content (AvgIpc) is 2.14. The molecule has 1 aromatic rings. The Kier molecular flexibility index (Phi) is 4.58. The first-order valence-electron chi connectivity index (χ1n) is 3.98. The predicted molar refractivity (Wildman–Crippen MR) is 63.2 cm³/mol. The summed E-state index contributed by atoms with van der Waals surface area (Å²) in [6.07, 6.45) is -3.85. The zero-order valence-corrected chi connectivity index (χ0v) is 11.6. The highest BCUT2D eigenvalue weighted by Crippen LogP contribution is 2.30. The van der Waals surface area contributed by atoms with Gasteiger partial charge in [0.1, 0.15) is 5.56 Å². The topological polar surface area (TPSA) is 59.4 Å². The minimum Gasteiger partial charge on any atom is -0.477 e. The van der Waals surface area contributed by atoms with Gasteiger partial charge in [0.15, 0.2) is 0 Å². The zero-order chi connectivity index (χ0) is 13.2. The lowest BCUT2D eigenvalue weighted by Gasteiger charge is -2.12. The number of alkyl halides is 4. The molecule has 1 rings (SSSR count). The van der Waals surface area contributed by atoms with Crippen LogP contribution in [-0.2, 0) is 5.33 Å². The van der Waals surface area contributed by atoms with Crippen LogP contribution in [0.4, 0.5) is 13.2 Å². The van der Waals surface area contributed by atoms with Gasteiger partial charge in [-0.1, -0.05) is 15.9 Å². The van der Waals surface area contributed by atoms with Gasteiger partial charge in [-0.3, -0.25) is 0 Å². The van der Waals surface area contributed by atoms with E-state index in [-0.39, 0.29) is 8.90 Å². The lowest BCUT2D eigenvalue weighted by Crippen LogP contribution is -2.21. The molecule has 0 bridgehead atoms. The summed E-state index contributed by atoms with van der Waals surface area (Å²) in [5, 5.41) is 9.14. The van der Waals surface area contributed by atoms with E-state index in [1.807, 2.05) is 0 Å². The van der Waals surface area contributed by atoms with Gasteiger partial charge in [0, 0.05) is 15.1 Å². The molecule has 94 valence electrons. The molecule has 9 heteroatoms. The highest BCUT2D eigenvalue weighted by atomic mass is 127. The molecule has 0 aromatic carbocycles. The minimum atomic E-state index is -4.98. The van der Waals surface area contributed by atoms with Gasteiger partial charge in [0.25, 0.3) is 0 Å². The number of hydrogen-bond donors (Lipinski definition) is 1. The molecule has 0 atom stereocenters. The van der Waals surface area contributed by atoms with Crippen LogP contribution >= 0.6 is 38.5 Å². The molecule has 0 aliphatic heterocycles. The number of pyridine rings is 1. The van der Waals surface area contributed by atoms with Crippen LogP contribution in [0.15, 0.2) is 6.20 Å². The van der Waals surface area contributed by atoms with Gasteiger partial charge >= 0.3 is 12.3 Å². The fourth-order valence-electron chi connectivity index (χ4n) is 0.978. The van der Waals surface area contributed by atoms with Crippen molar-refractivity contribution in [2.24, 2.45) is 0 Å². The second-order valence-electron chi connectivity index (χ2n) is 2.76. The van der Waals surface area contributed by atoms with Crippen LogP contribution in [0.1, 0.15) is 15.9 Å². The van der Waals surface area contributed by atoms with Crippen LogP contribution in [0.2, 0.25) is 0 Å². The Morgan fingerprint density at radius 2 is 2.18 bits per heavy atom. The van der Waals surface area contributed by atoms with Crippen LogP contribution < -0.4 is 4.74 Å². The third-order valence-corrected chi connectivity index (χ3v) is 3.46. The Labute approximate surface area is 115 Å². The van der Waals surface area contributed by atoms with Gasteiger partial charge in [-0.25, -0.2) is 9.78 Å². The SMILES string of the molecule is O=C(O)c1c(OC(F)(F)F)ncc(CBr)c1I. The molecular weight excluding hydrogens is 422 g/mol. The van der Waals surface area contributed by atoms with Crippen molar-refractivity contribution < 1.29 is 27.8 Å². The predicted octanol–water partition coefficient (Wildman–Crippen LogP) is 3.18. The summed E-state index contributed by atoms with van der Waals surface area (Å²) in [6.45, 7) is 0. The number of hydrogen-bond acceptors (Lipinski definition) is 3. The fraction of sp³-hybridized carbons (Fsp3) is 0.250. The maximum atomic E-state index is 12.0. The largest absolute Gasteiger partial charge is 0.574 e. The molecule has 17 heavy (non-hydrogen) atoms. The fourth-order valence-corrected chi connectivity index (χ4v) is 2.72. The number of halogens is 5. The number of nitrogens with zero attached hydrogens (tertiary/aromatic N) is 1. The Bertz CT molecular complexity index is 452. The second kappa shape index (κ2) is 5.38. The molecular formula is C8H4BrF3INO3. The van der Waals surface area contributed by atoms with Crippen LogP contribution in [0, 0.1) is 3.57 Å². The highest BCUT2D eigenvalue weighted by Gasteiger charge is 2.35. The van der Waals surface area contributed by atoms with Crippen LogP contribution in [0.25, 0.3) is 0 Å². The number of rotatable bonds is 3. The maximum Gasteiger partial charge on any atom is 0.574 e. The molecule has 0 aliphatic carbocycles. The van der Waals surface area contributed by atoms with E-state index in [4.69, 9.17) is 5.11 Å². The number of carboxylic acids is 1. The first kappa shape index (κ1) is 14.5. The summed E-state index contributed by atoms with van der Waals surface area (Å²) >= 11 is 4.71. The Morgan fingerprint density at radius 3 is 2.59 bits per heavy atom. The zero-order valence-electron chi connectivity index (χ0n) is 7.89. The van der Waals surface area contributed by atoms with Gasteiger partial charge in [-0.2, -0.15) is 0 Å². The number of carbonyl (C=O) groups is 1. The van der Waals surface area contributed by atoms with E-state index in [1.165, 1.54) is 0 Å². The standard InChI is InChI=1S/C8H4BrF3INO3/c9-1-3-2-14-6(17-8(10,11)12)4(5(3)13)7(15)16/h2H,1H2,(H,15,16). The monoisotopic (exact) mass is 425 g/mol. The molecule has 1 heterocycles. The summed E-state index contributed by atoms with van der Waals surface area (Å²) in [7, 11) is 0. The smallest absolute Gasteiger partial charge is 0.477 e. The Balaban J connectivity index is 3.32. The average molecular weight is 426 g/mol.